The van der Waals surface area contributed by atoms with E-state index in [1.54, 1.807) is 26.2 Å². The molecule has 2 unspecified atom stereocenters. The molecule has 0 saturated carbocycles. The molecule has 22 heavy (non-hydrogen) atoms. The molecule has 0 bridgehead atoms. The van der Waals surface area contributed by atoms with E-state index >= 15 is 0 Å². The van der Waals surface area contributed by atoms with E-state index in [2.05, 4.69) is 10.1 Å². The molecule has 0 radical (unpaired) electrons. The van der Waals surface area contributed by atoms with Crippen LogP contribution >= 0.6 is 11.3 Å². The van der Waals surface area contributed by atoms with Gasteiger partial charge in [-0.05, 0) is 27.2 Å². The minimum Gasteiger partial charge on any atom is -0.444 e. The number of piperidine rings is 1. The summed E-state index contributed by atoms with van der Waals surface area (Å²) in [5, 5.41) is 14.0. The van der Waals surface area contributed by atoms with Crippen LogP contribution in [0.5, 0.6) is 0 Å². The quantitative estimate of drug-likeness (QED) is 0.391. The summed E-state index contributed by atoms with van der Waals surface area (Å²) in [6.07, 6.45) is 0.0619. The standard InChI is InChI=1S/C14H20FN3O3S/c1-14(2,3)21-13(19)18-5-4-9(6-11(18)15)12-17-10(7-16-20)8-22-12/h7-9,11,20H,4-6H2,1-3H3. The predicted molar refractivity (Wildman–Crippen MR) is 81.3 cm³/mol. The third-order valence-corrected chi connectivity index (χ3v) is 4.27. The second kappa shape index (κ2) is 6.60. The van der Waals surface area contributed by atoms with Gasteiger partial charge < -0.3 is 9.94 Å². The summed E-state index contributed by atoms with van der Waals surface area (Å²) in [7, 11) is 0. The Labute approximate surface area is 132 Å². The van der Waals surface area contributed by atoms with Gasteiger partial charge in [-0.15, -0.1) is 11.3 Å². The summed E-state index contributed by atoms with van der Waals surface area (Å²) in [5.41, 5.74) is -0.0888. The molecule has 0 aromatic carbocycles. The van der Waals surface area contributed by atoms with Crippen LogP contribution in [0, 0.1) is 0 Å². The molecule has 0 aliphatic carbocycles. The van der Waals surface area contributed by atoms with Gasteiger partial charge in [0, 0.05) is 24.3 Å². The molecule has 8 heteroatoms. The lowest BCUT2D eigenvalue weighted by molar-refractivity contribution is -0.0170. The molecular formula is C14H20FN3O3S. The Kier molecular flexibility index (Phi) is 5.00. The molecule has 1 aliphatic rings. The molecule has 1 amide bonds. The maximum atomic E-state index is 14.3. The molecular weight excluding hydrogens is 309 g/mol. The van der Waals surface area contributed by atoms with E-state index in [0.717, 1.165) is 9.91 Å². The van der Waals surface area contributed by atoms with Crippen LogP contribution < -0.4 is 0 Å². The summed E-state index contributed by atoms with van der Waals surface area (Å²) in [6.45, 7) is 5.56. The number of carbonyl (C=O) groups is 1. The van der Waals surface area contributed by atoms with Crippen molar-refractivity contribution in [2.75, 3.05) is 6.54 Å². The molecule has 1 saturated heterocycles. The number of alkyl halides is 1. The molecule has 1 aromatic heterocycles. The molecule has 2 heterocycles. The molecule has 2 atom stereocenters. The minimum atomic E-state index is -1.38. The first-order valence-electron chi connectivity index (χ1n) is 7.06. The molecule has 0 spiro atoms. The van der Waals surface area contributed by atoms with Crippen LogP contribution in [0.25, 0.3) is 0 Å². The van der Waals surface area contributed by atoms with Crippen molar-refractivity contribution in [2.24, 2.45) is 5.16 Å². The zero-order valence-corrected chi connectivity index (χ0v) is 13.6. The van der Waals surface area contributed by atoms with E-state index in [9.17, 15) is 9.18 Å². The van der Waals surface area contributed by atoms with Crippen LogP contribution in [0.3, 0.4) is 0 Å². The molecule has 2 rings (SSSR count). The average Bonchev–Trinajstić information content (AvgIpc) is 2.85. The van der Waals surface area contributed by atoms with Crippen molar-refractivity contribution in [3.63, 3.8) is 0 Å². The predicted octanol–water partition coefficient (Wildman–Crippen LogP) is 3.36. The third-order valence-electron chi connectivity index (χ3n) is 3.24. The highest BCUT2D eigenvalue weighted by molar-refractivity contribution is 7.09. The van der Waals surface area contributed by atoms with Gasteiger partial charge in [-0.2, -0.15) is 0 Å². The van der Waals surface area contributed by atoms with E-state index < -0.39 is 18.0 Å². The van der Waals surface area contributed by atoms with Gasteiger partial charge in [-0.25, -0.2) is 14.2 Å². The smallest absolute Gasteiger partial charge is 0.412 e. The Morgan fingerprint density at radius 1 is 1.64 bits per heavy atom. The van der Waals surface area contributed by atoms with Gasteiger partial charge in [0.15, 0.2) is 6.30 Å². The number of amides is 1. The number of halogens is 1. The van der Waals surface area contributed by atoms with Gasteiger partial charge in [-0.3, -0.25) is 4.90 Å². The van der Waals surface area contributed by atoms with Crippen LogP contribution in [0.2, 0.25) is 0 Å². The van der Waals surface area contributed by atoms with Crippen LogP contribution in [0.4, 0.5) is 9.18 Å². The van der Waals surface area contributed by atoms with E-state index in [4.69, 9.17) is 9.94 Å². The fraction of sp³-hybridized carbons (Fsp3) is 0.643. The van der Waals surface area contributed by atoms with Crippen molar-refractivity contribution >= 4 is 23.6 Å². The van der Waals surface area contributed by atoms with Gasteiger partial charge in [0.1, 0.15) is 5.60 Å². The zero-order chi connectivity index (χ0) is 16.3. The van der Waals surface area contributed by atoms with Crippen LogP contribution in [-0.2, 0) is 4.74 Å². The second-order valence-electron chi connectivity index (χ2n) is 6.18. The number of hydrogen-bond acceptors (Lipinski definition) is 6. The van der Waals surface area contributed by atoms with E-state index in [1.165, 1.54) is 17.6 Å². The number of hydrogen-bond donors (Lipinski definition) is 1. The van der Waals surface area contributed by atoms with Crippen LogP contribution in [0.15, 0.2) is 10.5 Å². The first-order valence-corrected chi connectivity index (χ1v) is 7.94. The number of rotatable bonds is 2. The second-order valence-corrected chi connectivity index (χ2v) is 7.07. The van der Waals surface area contributed by atoms with Crippen molar-refractivity contribution in [1.82, 2.24) is 9.88 Å². The van der Waals surface area contributed by atoms with Gasteiger partial charge in [-0.1, -0.05) is 5.16 Å². The van der Waals surface area contributed by atoms with Gasteiger partial charge >= 0.3 is 6.09 Å². The summed E-state index contributed by atoms with van der Waals surface area (Å²) < 4.78 is 19.5. The van der Waals surface area contributed by atoms with E-state index in [1.807, 2.05) is 0 Å². The highest BCUT2D eigenvalue weighted by Crippen LogP contribution is 2.34. The van der Waals surface area contributed by atoms with E-state index in [-0.39, 0.29) is 12.3 Å². The Hall–Kier alpha value is -1.70. The SMILES string of the molecule is CC(C)(C)OC(=O)N1CCC(c2nc(C=NO)cs2)CC1F. The first-order chi connectivity index (χ1) is 10.3. The number of nitrogens with zero attached hydrogens (tertiary/aromatic N) is 3. The van der Waals surface area contributed by atoms with Crippen molar-refractivity contribution in [3.05, 3.63) is 16.1 Å². The van der Waals surface area contributed by atoms with Crippen molar-refractivity contribution in [2.45, 2.75) is 51.4 Å². The van der Waals surface area contributed by atoms with Crippen LogP contribution in [0.1, 0.15) is 50.2 Å². The largest absolute Gasteiger partial charge is 0.444 e. The maximum Gasteiger partial charge on any atom is 0.412 e. The fourth-order valence-corrected chi connectivity index (χ4v) is 3.19. The normalized spacial score (nSPS) is 23.0. The molecule has 1 aromatic rings. The molecule has 1 N–H and O–H groups in total. The number of ether oxygens (including phenoxy) is 1. The fourth-order valence-electron chi connectivity index (χ4n) is 2.27. The van der Waals surface area contributed by atoms with Crippen molar-refractivity contribution in [3.8, 4) is 0 Å². The molecule has 6 nitrogen and oxygen atoms in total. The monoisotopic (exact) mass is 329 g/mol. The summed E-state index contributed by atoms with van der Waals surface area (Å²) >= 11 is 1.40. The Balaban J connectivity index is 1.98. The van der Waals surface area contributed by atoms with Gasteiger partial charge in [0.2, 0.25) is 0 Å². The Bertz CT molecular complexity index is 556. The summed E-state index contributed by atoms with van der Waals surface area (Å²) in [4.78, 5) is 17.4. The highest BCUT2D eigenvalue weighted by atomic mass is 32.1. The maximum absolute atomic E-state index is 14.3. The number of likely N-dealkylation sites (tertiary alicyclic amines) is 1. The van der Waals surface area contributed by atoms with Crippen LogP contribution in [-0.4, -0.2) is 45.8 Å². The first kappa shape index (κ1) is 16.7. The van der Waals surface area contributed by atoms with Gasteiger partial charge in [0.05, 0.1) is 16.9 Å². The zero-order valence-electron chi connectivity index (χ0n) is 12.8. The van der Waals surface area contributed by atoms with Gasteiger partial charge in [0.25, 0.3) is 0 Å². The van der Waals surface area contributed by atoms with E-state index in [0.29, 0.717) is 18.7 Å². The number of carbonyl (C=O) groups excluding carboxylic acids is 1. The third kappa shape index (κ3) is 4.16. The highest BCUT2D eigenvalue weighted by Gasteiger charge is 2.35. The summed E-state index contributed by atoms with van der Waals surface area (Å²) in [6, 6.07) is 0. The molecule has 1 fully saturated rings. The Morgan fingerprint density at radius 2 is 2.36 bits per heavy atom. The average molecular weight is 329 g/mol. The topological polar surface area (TPSA) is 75.0 Å². The lowest BCUT2D eigenvalue weighted by atomic mass is 9.97. The lowest BCUT2D eigenvalue weighted by Crippen LogP contribution is -2.45. The molecule has 1 aliphatic heterocycles. The lowest BCUT2D eigenvalue weighted by Gasteiger charge is -2.35. The number of oxime groups is 1. The van der Waals surface area contributed by atoms with Crippen molar-refractivity contribution in [1.29, 1.82) is 0 Å². The minimum absolute atomic E-state index is 0.0421. The molecule has 122 valence electrons. The number of aromatic nitrogens is 1. The van der Waals surface area contributed by atoms with Crippen molar-refractivity contribution < 1.29 is 19.1 Å². The summed E-state index contributed by atoms with van der Waals surface area (Å²) in [5.74, 6) is -0.0421. The Morgan fingerprint density at radius 3 is 2.95 bits per heavy atom. The number of thiazole rings is 1.